The van der Waals surface area contributed by atoms with Gasteiger partial charge in [0.1, 0.15) is 5.75 Å². The van der Waals surface area contributed by atoms with Crippen LogP contribution in [0.4, 0.5) is 0 Å². The van der Waals surface area contributed by atoms with Crippen molar-refractivity contribution in [3.63, 3.8) is 0 Å². The van der Waals surface area contributed by atoms with Gasteiger partial charge in [-0.2, -0.15) is 0 Å². The predicted octanol–water partition coefficient (Wildman–Crippen LogP) is 5.19. The van der Waals surface area contributed by atoms with Crippen LogP contribution in [-0.4, -0.2) is 43.4 Å². The minimum atomic E-state index is -0.781. The molecule has 1 saturated carbocycles. The maximum absolute atomic E-state index is 12.1. The molecule has 3 nitrogen and oxygen atoms in total. The number of rotatable bonds is 7. The number of hydrogen-bond acceptors (Lipinski definition) is 3. The number of aliphatic hydroxyl groups is 1. The Bertz CT molecular complexity index is 782. The summed E-state index contributed by atoms with van der Waals surface area (Å²) < 4.78 is 5.29. The Labute approximate surface area is 176 Å². The molecule has 1 fully saturated rings. The van der Waals surface area contributed by atoms with Gasteiger partial charge in [0, 0.05) is 12.5 Å². The molecule has 0 aromatic heterocycles. The lowest BCUT2D eigenvalue weighted by molar-refractivity contribution is -0.00218. The van der Waals surface area contributed by atoms with E-state index in [1.54, 1.807) is 7.11 Å². The molecule has 0 bridgehead atoms. The van der Waals surface area contributed by atoms with Crippen LogP contribution in [0.5, 0.6) is 5.75 Å². The maximum atomic E-state index is 12.1. The third-order valence-electron chi connectivity index (χ3n) is 6.16. The molecule has 0 aliphatic heterocycles. The van der Waals surface area contributed by atoms with Crippen LogP contribution in [-0.2, 0) is 6.42 Å². The summed E-state index contributed by atoms with van der Waals surface area (Å²) in [4.78, 5) is 2.22. The summed E-state index contributed by atoms with van der Waals surface area (Å²) in [5.41, 5.74) is 2.82. The topological polar surface area (TPSA) is 32.7 Å². The van der Waals surface area contributed by atoms with Gasteiger partial charge in [0.05, 0.1) is 12.7 Å². The van der Waals surface area contributed by atoms with Crippen LogP contribution in [0.25, 0.3) is 6.08 Å². The first-order chi connectivity index (χ1) is 14.0. The molecule has 3 rings (SSSR count). The van der Waals surface area contributed by atoms with E-state index in [1.807, 2.05) is 18.2 Å². The van der Waals surface area contributed by atoms with Crippen molar-refractivity contribution in [3.05, 3.63) is 71.3 Å². The standard InChI is InChI=1S/C26H35NO2/c1-27(2)20-24-12-8-7-11-23(19-22-13-15-25(29-3)16-14-22)26(24,28)18-17-21-9-5-4-6-10-21/h4-6,9-10,13-16,19,24,28H,7-8,11-12,17-18,20H2,1-3H3. The zero-order chi connectivity index (χ0) is 20.7. The lowest BCUT2D eigenvalue weighted by Gasteiger charge is -2.39. The lowest BCUT2D eigenvalue weighted by Crippen LogP contribution is -2.44. The number of hydrogen-bond donors (Lipinski definition) is 1. The average Bonchev–Trinajstić information content (AvgIpc) is 2.87. The van der Waals surface area contributed by atoms with Crippen LogP contribution < -0.4 is 4.74 Å². The van der Waals surface area contributed by atoms with Crippen molar-refractivity contribution < 1.29 is 9.84 Å². The van der Waals surface area contributed by atoms with Gasteiger partial charge in [0.15, 0.2) is 0 Å². The van der Waals surface area contributed by atoms with Crippen molar-refractivity contribution in [1.82, 2.24) is 4.90 Å². The van der Waals surface area contributed by atoms with Crippen molar-refractivity contribution in [2.24, 2.45) is 5.92 Å². The summed E-state index contributed by atoms with van der Waals surface area (Å²) in [6, 6.07) is 18.7. The Morgan fingerprint density at radius 3 is 2.45 bits per heavy atom. The number of nitrogens with zero attached hydrogens (tertiary/aromatic N) is 1. The van der Waals surface area contributed by atoms with E-state index in [-0.39, 0.29) is 5.92 Å². The molecule has 3 heteroatoms. The Kier molecular flexibility index (Phi) is 7.51. The Hall–Kier alpha value is -2.10. The van der Waals surface area contributed by atoms with Crippen molar-refractivity contribution in [3.8, 4) is 5.75 Å². The fourth-order valence-electron chi connectivity index (χ4n) is 4.55. The van der Waals surface area contributed by atoms with E-state index in [2.05, 4.69) is 61.5 Å². The molecule has 0 heterocycles. The second-order valence-corrected chi connectivity index (χ2v) is 8.56. The number of methoxy groups -OCH3 is 1. The molecule has 1 N–H and O–H groups in total. The molecule has 156 valence electrons. The first-order valence-corrected chi connectivity index (χ1v) is 10.8. The van der Waals surface area contributed by atoms with E-state index in [4.69, 9.17) is 4.74 Å². The zero-order valence-electron chi connectivity index (χ0n) is 18.1. The molecule has 0 amide bonds. The molecule has 0 radical (unpaired) electrons. The molecule has 2 aromatic rings. The minimum absolute atomic E-state index is 0.244. The van der Waals surface area contributed by atoms with Crippen LogP contribution in [0.2, 0.25) is 0 Å². The Morgan fingerprint density at radius 1 is 1.07 bits per heavy atom. The van der Waals surface area contributed by atoms with Gasteiger partial charge in [0.2, 0.25) is 0 Å². The Morgan fingerprint density at radius 2 is 1.79 bits per heavy atom. The van der Waals surface area contributed by atoms with Crippen LogP contribution in [0, 0.1) is 5.92 Å². The van der Waals surface area contributed by atoms with Crippen molar-refractivity contribution in [2.75, 3.05) is 27.7 Å². The van der Waals surface area contributed by atoms with Crippen LogP contribution in [0.1, 0.15) is 43.2 Å². The second-order valence-electron chi connectivity index (χ2n) is 8.56. The van der Waals surface area contributed by atoms with Crippen LogP contribution in [0.15, 0.2) is 60.2 Å². The van der Waals surface area contributed by atoms with Gasteiger partial charge in [0.25, 0.3) is 0 Å². The minimum Gasteiger partial charge on any atom is -0.497 e. The summed E-state index contributed by atoms with van der Waals surface area (Å²) in [5.74, 6) is 1.10. The predicted molar refractivity (Wildman–Crippen MR) is 121 cm³/mol. The highest BCUT2D eigenvalue weighted by atomic mass is 16.5. The summed E-state index contributed by atoms with van der Waals surface area (Å²) in [6.07, 6.45) is 8.22. The normalized spacial score (nSPS) is 23.9. The number of benzene rings is 2. The summed E-state index contributed by atoms with van der Waals surface area (Å²) in [6.45, 7) is 0.908. The molecule has 1 aliphatic carbocycles. The van der Waals surface area contributed by atoms with E-state index < -0.39 is 5.60 Å². The molecular weight excluding hydrogens is 358 g/mol. The highest BCUT2D eigenvalue weighted by Crippen LogP contribution is 2.41. The molecule has 0 saturated heterocycles. The molecule has 2 unspecified atom stereocenters. The van der Waals surface area contributed by atoms with Gasteiger partial charge < -0.3 is 14.7 Å². The van der Waals surface area contributed by atoms with E-state index in [0.29, 0.717) is 0 Å². The summed E-state index contributed by atoms with van der Waals surface area (Å²) in [7, 11) is 5.90. The summed E-state index contributed by atoms with van der Waals surface area (Å²) in [5, 5.41) is 12.1. The smallest absolute Gasteiger partial charge is 0.118 e. The molecule has 2 atom stereocenters. The van der Waals surface area contributed by atoms with Gasteiger partial charge >= 0.3 is 0 Å². The van der Waals surface area contributed by atoms with Crippen molar-refractivity contribution in [2.45, 2.75) is 44.1 Å². The van der Waals surface area contributed by atoms with Crippen LogP contribution >= 0.6 is 0 Å². The largest absolute Gasteiger partial charge is 0.497 e. The van der Waals surface area contributed by atoms with Gasteiger partial charge in [-0.25, -0.2) is 0 Å². The fourth-order valence-corrected chi connectivity index (χ4v) is 4.55. The number of aryl methyl sites for hydroxylation is 1. The lowest BCUT2D eigenvalue weighted by atomic mass is 9.75. The molecular formula is C26H35NO2. The molecule has 1 aliphatic rings. The second kappa shape index (κ2) is 10.1. The molecule has 0 spiro atoms. The van der Waals surface area contributed by atoms with E-state index >= 15 is 0 Å². The highest BCUT2D eigenvalue weighted by Gasteiger charge is 2.40. The third-order valence-corrected chi connectivity index (χ3v) is 6.16. The van der Waals surface area contributed by atoms with E-state index in [9.17, 15) is 5.11 Å². The first-order valence-electron chi connectivity index (χ1n) is 10.8. The van der Waals surface area contributed by atoms with Gasteiger partial charge in [-0.1, -0.05) is 55.0 Å². The maximum Gasteiger partial charge on any atom is 0.118 e. The summed E-state index contributed by atoms with van der Waals surface area (Å²) >= 11 is 0. The van der Waals surface area contributed by atoms with E-state index in [0.717, 1.165) is 50.0 Å². The third kappa shape index (κ3) is 5.71. The van der Waals surface area contributed by atoms with Gasteiger partial charge in [-0.05, 0) is 75.0 Å². The van der Waals surface area contributed by atoms with Gasteiger partial charge in [-0.3, -0.25) is 0 Å². The highest BCUT2D eigenvalue weighted by molar-refractivity contribution is 5.56. The monoisotopic (exact) mass is 393 g/mol. The van der Waals surface area contributed by atoms with Crippen molar-refractivity contribution in [1.29, 1.82) is 0 Å². The van der Waals surface area contributed by atoms with Crippen molar-refractivity contribution >= 4 is 6.08 Å². The van der Waals surface area contributed by atoms with E-state index in [1.165, 1.54) is 17.6 Å². The Balaban J connectivity index is 1.93. The number of ether oxygens (including phenoxy) is 1. The van der Waals surface area contributed by atoms with Crippen LogP contribution in [0.3, 0.4) is 0 Å². The SMILES string of the molecule is COc1ccc(C=C2CCCCC(CN(C)C)C2(O)CCc2ccccc2)cc1. The van der Waals surface area contributed by atoms with Gasteiger partial charge in [-0.15, -0.1) is 0 Å². The molecule has 2 aromatic carbocycles. The fraction of sp³-hybridized carbons (Fsp3) is 0.462. The average molecular weight is 394 g/mol. The quantitative estimate of drug-likeness (QED) is 0.657. The molecule has 29 heavy (non-hydrogen) atoms. The zero-order valence-corrected chi connectivity index (χ0v) is 18.1. The first kappa shape index (κ1) is 21.6.